The van der Waals surface area contributed by atoms with Crippen molar-refractivity contribution >= 4 is 22.6 Å². The summed E-state index contributed by atoms with van der Waals surface area (Å²) in [5.41, 5.74) is 8.77. The normalized spacial score (nSPS) is 14.9. The van der Waals surface area contributed by atoms with Crippen LogP contribution < -0.4 is 10.6 Å². The molecule has 33 heavy (non-hydrogen) atoms. The topological polar surface area (TPSA) is 54.5 Å². The molecule has 4 rings (SSSR count). The van der Waals surface area contributed by atoms with Crippen LogP contribution in [0, 0.1) is 5.92 Å². The van der Waals surface area contributed by atoms with Crippen LogP contribution in [0.15, 0.2) is 54.6 Å². The summed E-state index contributed by atoms with van der Waals surface area (Å²) in [7, 11) is 0. The van der Waals surface area contributed by atoms with Gasteiger partial charge >= 0.3 is 0 Å². The van der Waals surface area contributed by atoms with E-state index in [1.165, 1.54) is 36.2 Å². The molecule has 0 unspecified atom stereocenters. The van der Waals surface area contributed by atoms with E-state index < -0.39 is 0 Å². The molecule has 176 valence electrons. The van der Waals surface area contributed by atoms with Gasteiger partial charge in [-0.3, -0.25) is 4.79 Å². The van der Waals surface area contributed by atoms with E-state index in [4.69, 9.17) is 5.73 Å². The molecule has 1 saturated heterocycles. The van der Waals surface area contributed by atoms with Crippen molar-refractivity contribution in [1.29, 1.82) is 0 Å². The molecule has 3 aromatic rings. The number of aromatic nitrogens is 1. The lowest BCUT2D eigenvalue weighted by atomic mass is 9.90. The Bertz CT molecular complexity index is 1050. The van der Waals surface area contributed by atoms with Gasteiger partial charge in [0.25, 0.3) is 0 Å². The highest BCUT2D eigenvalue weighted by molar-refractivity contribution is 5.98. The number of benzene rings is 2. The van der Waals surface area contributed by atoms with Crippen LogP contribution in [0.3, 0.4) is 0 Å². The number of primary amides is 1. The molecule has 0 bridgehead atoms. The van der Waals surface area contributed by atoms with E-state index in [9.17, 15) is 4.79 Å². The number of aryl methyl sites for hydroxylation is 1. The van der Waals surface area contributed by atoms with Crippen LogP contribution in [0.2, 0.25) is 0 Å². The van der Waals surface area contributed by atoms with Crippen molar-refractivity contribution < 1.29 is 4.79 Å². The number of anilines is 1. The lowest BCUT2D eigenvalue weighted by Crippen LogP contribution is -2.35. The number of hydrogen-bond donors (Lipinski definition) is 1. The van der Waals surface area contributed by atoms with Crippen molar-refractivity contribution in [3.63, 3.8) is 0 Å². The third-order valence-electron chi connectivity index (χ3n) is 7.22. The van der Waals surface area contributed by atoms with E-state index in [0.717, 1.165) is 57.0 Å². The first-order chi connectivity index (χ1) is 16.1. The summed E-state index contributed by atoms with van der Waals surface area (Å²) < 4.78 is 2.46. The largest absolute Gasteiger partial charge is 0.366 e. The Morgan fingerprint density at radius 3 is 2.42 bits per heavy atom. The van der Waals surface area contributed by atoms with Crippen molar-refractivity contribution in [3.8, 4) is 0 Å². The minimum atomic E-state index is -0.366. The van der Waals surface area contributed by atoms with Gasteiger partial charge in [-0.15, -0.1) is 0 Å². The minimum Gasteiger partial charge on any atom is -0.366 e. The summed E-state index contributed by atoms with van der Waals surface area (Å²) in [6.07, 6.45) is 4.70. The molecular weight excluding hydrogens is 408 g/mol. The molecule has 0 radical (unpaired) electrons. The van der Waals surface area contributed by atoms with Gasteiger partial charge in [0, 0.05) is 36.1 Å². The Balaban J connectivity index is 1.52. The Labute approximate surface area is 198 Å². The number of rotatable bonds is 10. The predicted octanol–water partition coefficient (Wildman–Crippen LogP) is 4.93. The maximum atomic E-state index is 11.7. The molecule has 1 aliphatic heterocycles. The number of piperidine rings is 1. The first kappa shape index (κ1) is 23.4. The summed E-state index contributed by atoms with van der Waals surface area (Å²) in [6.45, 7) is 10.9. The second kappa shape index (κ2) is 10.9. The van der Waals surface area contributed by atoms with Crippen LogP contribution in [-0.4, -0.2) is 48.1 Å². The highest BCUT2D eigenvalue weighted by atomic mass is 16.1. The zero-order valence-corrected chi connectivity index (χ0v) is 20.2. The van der Waals surface area contributed by atoms with Gasteiger partial charge in [-0.2, -0.15) is 0 Å². The van der Waals surface area contributed by atoms with Gasteiger partial charge in [0.15, 0.2) is 0 Å². The molecule has 0 atom stereocenters. The lowest BCUT2D eigenvalue weighted by molar-refractivity contribution is 0.100. The molecule has 2 aromatic carbocycles. The maximum Gasteiger partial charge on any atom is 0.248 e. The zero-order valence-electron chi connectivity index (χ0n) is 20.2. The molecule has 1 fully saturated rings. The monoisotopic (exact) mass is 446 g/mol. The first-order valence-electron chi connectivity index (χ1n) is 12.5. The molecule has 1 aliphatic rings. The molecular formula is C28H38N4O. The SMILES string of the molecule is CCN(CC)CCCn1c(N2CCC(Cc3ccccc3)CC2)cc2cc(C(N)=O)ccc21. The summed E-state index contributed by atoms with van der Waals surface area (Å²) in [6, 6.07) is 19.0. The molecule has 2 heterocycles. The van der Waals surface area contributed by atoms with E-state index in [1.807, 2.05) is 12.1 Å². The fourth-order valence-corrected chi connectivity index (χ4v) is 5.21. The second-order valence-electron chi connectivity index (χ2n) is 9.29. The van der Waals surface area contributed by atoms with Crippen LogP contribution in [-0.2, 0) is 13.0 Å². The molecule has 0 spiro atoms. The zero-order chi connectivity index (χ0) is 23.2. The summed E-state index contributed by atoms with van der Waals surface area (Å²) in [4.78, 5) is 16.8. The molecule has 1 aromatic heterocycles. The molecule has 2 N–H and O–H groups in total. The lowest BCUT2D eigenvalue weighted by Gasteiger charge is -2.34. The third kappa shape index (κ3) is 5.59. The molecule has 0 saturated carbocycles. The quantitative estimate of drug-likeness (QED) is 0.480. The molecule has 5 nitrogen and oxygen atoms in total. The Morgan fingerprint density at radius 1 is 1.03 bits per heavy atom. The highest BCUT2D eigenvalue weighted by Crippen LogP contribution is 2.32. The van der Waals surface area contributed by atoms with Gasteiger partial charge < -0.3 is 20.1 Å². The van der Waals surface area contributed by atoms with E-state index >= 15 is 0 Å². The van der Waals surface area contributed by atoms with Crippen molar-refractivity contribution in [3.05, 3.63) is 65.7 Å². The van der Waals surface area contributed by atoms with Crippen molar-refractivity contribution in [1.82, 2.24) is 9.47 Å². The van der Waals surface area contributed by atoms with Gasteiger partial charge in [0.1, 0.15) is 5.82 Å². The fraction of sp³-hybridized carbons (Fsp3) is 0.464. The molecule has 1 amide bonds. The van der Waals surface area contributed by atoms with Gasteiger partial charge in [-0.05, 0) is 81.1 Å². The van der Waals surface area contributed by atoms with Gasteiger partial charge in [0.05, 0.1) is 0 Å². The predicted molar refractivity (Wildman–Crippen MR) is 138 cm³/mol. The average Bonchev–Trinajstić information content (AvgIpc) is 3.20. The third-order valence-corrected chi connectivity index (χ3v) is 7.22. The van der Waals surface area contributed by atoms with E-state index in [1.54, 1.807) is 0 Å². The van der Waals surface area contributed by atoms with Gasteiger partial charge in [-0.1, -0.05) is 44.2 Å². The first-order valence-corrected chi connectivity index (χ1v) is 12.5. The Hall–Kier alpha value is -2.79. The van der Waals surface area contributed by atoms with Crippen LogP contribution in [0.1, 0.15) is 49.0 Å². The average molecular weight is 447 g/mol. The van der Waals surface area contributed by atoms with E-state index in [0.29, 0.717) is 5.56 Å². The Kier molecular flexibility index (Phi) is 7.71. The molecule has 0 aliphatic carbocycles. The van der Waals surface area contributed by atoms with Crippen molar-refractivity contribution in [2.45, 2.75) is 46.1 Å². The number of nitrogens with two attached hydrogens (primary N) is 1. The van der Waals surface area contributed by atoms with E-state index in [2.05, 4.69) is 70.7 Å². The highest BCUT2D eigenvalue weighted by Gasteiger charge is 2.23. The number of carbonyl (C=O) groups is 1. The molecule has 5 heteroatoms. The van der Waals surface area contributed by atoms with Crippen molar-refractivity contribution in [2.75, 3.05) is 37.6 Å². The van der Waals surface area contributed by atoms with Crippen LogP contribution in [0.25, 0.3) is 10.9 Å². The van der Waals surface area contributed by atoms with Gasteiger partial charge in [0.2, 0.25) is 5.91 Å². The minimum absolute atomic E-state index is 0.366. The smallest absolute Gasteiger partial charge is 0.248 e. The summed E-state index contributed by atoms with van der Waals surface area (Å²) in [5, 5.41) is 1.11. The fourth-order valence-electron chi connectivity index (χ4n) is 5.21. The van der Waals surface area contributed by atoms with Gasteiger partial charge in [-0.25, -0.2) is 0 Å². The Morgan fingerprint density at radius 2 is 1.76 bits per heavy atom. The number of amides is 1. The van der Waals surface area contributed by atoms with Crippen LogP contribution in [0.4, 0.5) is 5.82 Å². The number of nitrogens with zero attached hydrogens (tertiary/aromatic N) is 3. The summed E-state index contributed by atoms with van der Waals surface area (Å²) in [5.74, 6) is 1.66. The van der Waals surface area contributed by atoms with E-state index in [-0.39, 0.29) is 5.91 Å². The standard InChI is InChI=1S/C28H38N4O/c1-3-30(4-2)15-8-16-32-26-12-11-24(28(29)33)20-25(26)21-27(32)31-17-13-23(14-18-31)19-22-9-6-5-7-10-22/h5-7,9-12,20-21,23H,3-4,8,13-19H2,1-2H3,(H2,29,33). The van der Waals surface area contributed by atoms with Crippen LogP contribution in [0.5, 0.6) is 0 Å². The summed E-state index contributed by atoms with van der Waals surface area (Å²) >= 11 is 0. The second-order valence-corrected chi connectivity index (χ2v) is 9.29. The number of hydrogen-bond acceptors (Lipinski definition) is 3. The number of carbonyl (C=O) groups excluding carboxylic acids is 1. The maximum absolute atomic E-state index is 11.7. The van der Waals surface area contributed by atoms with Crippen molar-refractivity contribution in [2.24, 2.45) is 11.7 Å². The number of fused-ring (bicyclic) bond motifs is 1. The van der Waals surface area contributed by atoms with Crippen LogP contribution >= 0.6 is 0 Å².